The van der Waals surface area contributed by atoms with Crippen molar-refractivity contribution in [3.8, 4) is 0 Å². The van der Waals surface area contributed by atoms with Crippen molar-refractivity contribution in [1.82, 2.24) is 5.32 Å². The van der Waals surface area contributed by atoms with Crippen molar-refractivity contribution in [1.29, 1.82) is 0 Å². The fourth-order valence-corrected chi connectivity index (χ4v) is 3.25. The molecule has 4 heteroatoms. The zero-order valence-corrected chi connectivity index (χ0v) is 13.6. The number of aryl methyl sites for hydroxylation is 2. The summed E-state index contributed by atoms with van der Waals surface area (Å²) in [6.07, 6.45) is 2.96. The Balaban J connectivity index is 2.11. The van der Waals surface area contributed by atoms with Crippen molar-refractivity contribution in [2.75, 3.05) is 0 Å². The largest absolute Gasteiger partial charge is 0.480 e. The third-order valence-electron chi connectivity index (χ3n) is 4.90. The van der Waals surface area contributed by atoms with Crippen LogP contribution < -0.4 is 5.32 Å². The Kier molecular flexibility index (Phi) is 4.89. The van der Waals surface area contributed by atoms with Crippen LogP contribution in [0.15, 0.2) is 18.2 Å². The lowest BCUT2D eigenvalue weighted by molar-refractivity contribution is -0.149. The fourth-order valence-electron chi connectivity index (χ4n) is 3.25. The van der Waals surface area contributed by atoms with Crippen molar-refractivity contribution in [2.45, 2.75) is 58.4 Å². The number of rotatable bonds is 4. The summed E-state index contributed by atoms with van der Waals surface area (Å²) >= 11 is 0. The molecule has 0 unspecified atom stereocenters. The molecular weight excluding hydrogens is 278 g/mol. The molecule has 0 aliphatic heterocycles. The van der Waals surface area contributed by atoms with Crippen LogP contribution in [0.25, 0.3) is 0 Å². The van der Waals surface area contributed by atoms with Crippen LogP contribution in [-0.2, 0) is 16.0 Å². The lowest BCUT2D eigenvalue weighted by Gasteiger charge is -2.36. The zero-order chi connectivity index (χ0) is 16.3. The third kappa shape index (κ3) is 3.49. The van der Waals surface area contributed by atoms with Gasteiger partial charge in [0.1, 0.15) is 5.54 Å². The maximum absolute atomic E-state index is 12.4. The van der Waals surface area contributed by atoms with E-state index >= 15 is 0 Å². The van der Waals surface area contributed by atoms with E-state index in [-0.39, 0.29) is 12.3 Å². The molecule has 0 atom stereocenters. The SMILES string of the molecule is Cc1cccc(C)c1CC(=O)NC1(C(=O)O)CCC(C)CC1. The molecule has 0 saturated heterocycles. The van der Waals surface area contributed by atoms with Crippen LogP contribution in [0.1, 0.15) is 49.3 Å². The van der Waals surface area contributed by atoms with Gasteiger partial charge in [0.05, 0.1) is 6.42 Å². The first-order chi connectivity index (χ1) is 10.3. The minimum absolute atomic E-state index is 0.200. The van der Waals surface area contributed by atoms with Crippen LogP contribution >= 0.6 is 0 Å². The van der Waals surface area contributed by atoms with E-state index in [2.05, 4.69) is 12.2 Å². The molecule has 22 heavy (non-hydrogen) atoms. The molecule has 0 heterocycles. The maximum atomic E-state index is 12.4. The molecule has 0 aromatic heterocycles. The topological polar surface area (TPSA) is 66.4 Å². The molecule has 4 nitrogen and oxygen atoms in total. The van der Waals surface area contributed by atoms with Crippen molar-refractivity contribution >= 4 is 11.9 Å². The van der Waals surface area contributed by atoms with Gasteiger partial charge in [-0.05, 0) is 62.1 Å². The van der Waals surface area contributed by atoms with E-state index < -0.39 is 11.5 Å². The Morgan fingerprint density at radius 1 is 1.23 bits per heavy atom. The summed E-state index contributed by atoms with van der Waals surface area (Å²) < 4.78 is 0. The number of hydrogen-bond donors (Lipinski definition) is 2. The number of carbonyl (C=O) groups excluding carboxylic acids is 1. The van der Waals surface area contributed by atoms with E-state index in [1.807, 2.05) is 32.0 Å². The lowest BCUT2D eigenvalue weighted by Crippen LogP contribution is -2.56. The zero-order valence-electron chi connectivity index (χ0n) is 13.6. The van der Waals surface area contributed by atoms with Crippen LogP contribution in [0, 0.1) is 19.8 Å². The summed E-state index contributed by atoms with van der Waals surface area (Å²) in [4.78, 5) is 24.1. The Morgan fingerprint density at radius 2 is 1.77 bits per heavy atom. The molecule has 1 aromatic carbocycles. The van der Waals surface area contributed by atoms with Gasteiger partial charge in [0.15, 0.2) is 0 Å². The molecule has 2 N–H and O–H groups in total. The van der Waals surface area contributed by atoms with Crippen molar-refractivity contribution in [2.24, 2.45) is 5.92 Å². The summed E-state index contributed by atoms with van der Waals surface area (Å²) in [7, 11) is 0. The van der Waals surface area contributed by atoms with Crippen LogP contribution in [0.5, 0.6) is 0 Å². The van der Waals surface area contributed by atoms with Gasteiger partial charge in [-0.3, -0.25) is 4.79 Å². The molecule has 0 radical (unpaired) electrons. The summed E-state index contributed by atoms with van der Waals surface area (Å²) in [5.41, 5.74) is 2.04. The molecule has 1 aliphatic carbocycles. The van der Waals surface area contributed by atoms with Gasteiger partial charge in [-0.2, -0.15) is 0 Å². The molecule has 0 spiro atoms. The highest BCUT2D eigenvalue weighted by molar-refractivity contribution is 5.88. The number of carboxylic acid groups (broad SMARTS) is 1. The number of carbonyl (C=O) groups is 2. The predicted molar refractivity (Wildman–Crippen MR) is 85.8 cm³/mol. The standard InChI is InChI=1S/C18H25NO3/c1-12-7-9-18(10-8-12,17(21)22)19-16(20)11-15-13(2)5-4-6-14(15)3/h4-6,12H,7-11H2,1-3H3,(H,19,20)(H,21,22). The Bertz CT molecular complexity index is 551. The number of nitrogens with one attached hydrogen (secondary N) is 1. The Hall–Kier alpha value is -1.84. The van der Waals surface area contributed by atoms with Crippen LogP contribution in [0.2, 0.25) is 0 Å². The highest BCUT2D eigenvalue weighted by Crippen LogP contribution is 2.32. The van der Waals surface area contributed by atoms with Gasteiger partial charge in [0, 0.05) is 0 Å². The lowest BCUT2D eigenvalue weighted by atomic mass is 9.77. The minimum Gasteiger partial charge on any atom is -0.480 e. The van der Waals surface area contributed by atoms with E-state index in [0.29, 0.717) is 18.8 Å². The smallest absolute Gasteiger partial charge is 0.329 e. The quantitative estimate of drug-likeness (QED) is 0.898. The average molecular weight is 303 g/mol. The molecule has 1 amide bonds. The number of carboxylic acids is 1. The van der Waals surface area contributed by atoms with E-state index in [0.717, 1.165) is 29.5 Å². The molecule has 120 valence electrons. The van der Waals surface area contributed by atoms with Gasteiger partial charge in [-0.25, -0.2) is 4.79 Å². The highest BCUT2D eigenvalue weighted by atomic mass is 16.4. The Morgan fingerprint density at radius 3 is 2.27 bits per heavy atom. The van der Waals surface area contributed by atoms with Crippen molar-refractivity contribution in [3.05, 3.63) is 34.9 Å². The molecular formula is C18H25NO3. The van der Waals surface area contributed by atoms with Crippen LogP contribution in [-0.4, -0.2) is 22.5 Å². The van der Waals surface area contributed by atoms with Gasteiger partial charge >= 0.3 is 5.97 Å². The molecule has 1 aromatic rings. The molecule has 1 saturated carbocycles. The summed E-state index contributed by atoms with van der Waals surface area (Å²) in [5, 5.41) is 12.4. The first kappa shape index (κ1) is 16.5. The van der Waals surface area contributed by atoms with Gasteiger partial charge in [-0.1, -0.05) is 25.1 Å². The van der Waals surface area contributed by atoms with Gasteiger partial charge in [-0.15, -0.1) is 0 Å². The van der Waals surface area contributed by atoms with E-state index in [1.54, 1.807) is 0 Å². The monoisotopic (exact) mass is 303 g/mol. The normalized spacial score (nSPS) is 24.8. The van der Waals surface area contributed by atoms with Gasteiger partial charge < -0.3 is 10.4 Å². The second kappa shape index (κ2) is 6.51. The van der Waals surface area contributed by atoms with Gasteiger partial charge in [0.25, 0.3) is 0 Å². The second-order valence-corrected chi connectivity index (χ2v) is 6.67. The molecule has 1 aliphatic rings. The summed E-state index contributed by atoms with van der Waals surface area (Å²) in [6, 6.07) is 5.92. The predicted octanol–water partition coefficient (Wildman–Crippen LogP) is 3.00. The van der Waals surface area contributed by atoms with Crippen molar-refractivity contribution in [3.63, 3.8) is 0 Å². The number of amides is 1. The third-order valence-corrected chi connectivity index (χ3v) is 4.90. The maximum Gasteiger partial charge on any atom is 0.329 e. The first-order valence-electron chi connectivity index (χ1n) is 7.93. The average Bonchev–Trinajstić information content (AvgIpc) is 2.45. The van der Waals surface area contributed by atoms with Crippen LogP contribution in [0.3, 0.4) is 0 Å². The van der Waals surface area contributed by atoms with Crippen LogP contribution in [0.4, 0.5) is 0 Å². The minimum atomic E-state index is -1.08. The fraction of sp³-hybridized carbons (Fsp3) is 0.556. The molecule has 0 bridgehead atoms. The van der Waals surface area contributed by atoms with Gasteiger partial charge in [0.2, 0.25) is 5.91 Å². The highest BCUT2D eigenvalue weighted by Gasteiger charge is 2.42. The van der Waals surface area contributed by atoms with E-state index in [1.165, 1.54) is 0 Å². The number of benzene rings is 1. The molecule has 2 rings (SSSR count). The van der Waals surface area contributed by atoms with E-state index in [4.69, 9.17) is 0 Å². The summed E-state index contributed by atoms with van der Waals surface area (Å²) in [6.45, 7) is 6.08. The second-order valence-electron chi connectivity index (χ2n) is 6.67. The molecule has 1 fully saturated rings. The van der Waals surface area contributed by atoms with E-state index in [9.17, 15) is 14.7 Å². The number of aliphatic carboxylic acids is 1. The Labute approximate surface area is 131 Å². The summed E-state index contributed by atoms with van der Waals surface area (Å²) in [5.74, 6) is -0.577. The number of hydrogen-bond acceptors (Lipinski definition) is 2. The first-order valence-corrected chi connectivity index (χ1v) is 7.93. The van der Waals surface area contributed by atoms with Crippen molar-refractivity contribution < 1.29 is 14.7 Å².